The van der Waals surface area contributed by atoms with Gasteiger partial charge in [0.2, 0.25) is 0 Å². The molecule has 0 saturated heterocycles. The molecule has 18 heavy (non-hydrogen) atoms. The van der Waals surface area contributed by atoms with E-state index in [1.807, 2.05) is 17.5 Å². The summed E-state index contributed by atoms with van der Waals surface area (Å²) in [6, 6.07) is 7.09. The number of hydrogen-bond acceptors (Lipinski definition) is 5. The second kappa shape index (κ2) is 3.96. The maximum absolute atomic E-state index is 11.6. The first kappa shape index (κ1) is 11.0. The molecule has 2 aromatic heterocycles. The average molecular weight is 260 g/mol. The van der Waals surface area contributed by atoms with Crippen molar-refractivity contribution in [1.29, 1.82) is 0 Å². The van der Waals surface area contributed by atoms with Crippen molar-refractivity contribution in [2.45, 2.75) is 0 Å². The normalized spacial score (nSPS) is 10.9. The van der Waals surface area contributed by atoms with Gasteiger partial charge in [-0.15, -0.1) is 11.3 Å². The van der Waals surface area contributed by atoms with Crippen LogP contribution in [0.1, 0.15) is 10.4 Å². The zero-order chi connectivity index (χ0) is 12.7. The van der Waals surface area contributed by atoms with E-state index in [2.05, 4.69) is 4.74 Å². The van der Waals surface area contributed by atoms with Gasteiger partial charge < -0.3 is 9.15 Å². The van der Waals surface area contributed by atoms with Gasteiger partial charge in [0.15, 0.2) is 0 Å². The number of rotatable bonds is 1. The van der Waals surface area contributed by atoms with Gasteiger partial charge in [-0.1, -0.05) is 0 Å². The summed E-state index contributed by atoms with van der Waals surface area (Å²) >= 11 is 1.59. The van der Waals surface area contributed by atoms with E-state index in [0.29, 0.717) is 5.58 Å². The molecule has 0 fully saturated rings. The predicted molar refractivity (Wildman–Crippen MR) is 69.2 cm³/mol. The molecule has 0 bridgehead atoms. The van der Waals surface area contributed by atoms with Crippen molar-refractivity contribution in [2.75, 3.05) is 7.11 Å². The maximum Gasteiger partial charge on any atom is 0.351 e. The van der Waals surface area contributed by atoms with Crippen LogP contribution in [0.5, 0.6) is 0 Å². The Balaban J connectivity index is 2.44. The van der Waals surface area contributed by atoms with Crippen LogP contribution in [0, 0.1) is 0 Å². The lowest BCUT2D eigenvalue weighted by Gasteiger charge is -2.01. The molecule has 4 nitrogen and oxygen atoms in total. The van der Waals surface area contributed by atoms with Gasteiger partial charge in [-0.2, -0.15) is 0 Å². The standard InChI is InChI=1S/C13H8O4S/c1-16-12(14)9-6-8-7-4-5-18-11(7)3-2-10(8)17-13(9)15/h2-6H,1H3. The van der Waals surface area contributed by atoms with Crippen molar-refractivity contribution in [3.8, 4) is 0 Å². The Morgan fingerprint density at radius 1 is 1.28 bits per heavy atom. The number of hydrogen-bond donors (Lipinski definition) is 0. The van der Waals surface area contributed by atoms with Crippen LogP contribution in [-0.4, -0.2) is 13.1 Å². The Bertz CT molecular complexity index is 813. The molecular formula is C13H8O4S. The molecule has 0 N–H and O–H groups in total. The van der Waals surface area contributed by atoms with Crippen LogP contribution >= 0.6 is 11.3 Å². The molecule has 5 heteroatoms. The quantitative estimate of drug-likeness (QED) is 0.498. The summed E-state index contributed by atoms with van der Waals surface area (Å²) in [5, 5.41) is 3.66. The van der Waals surface area contributed by atoms with Crippen molar-refractivity contribution in [3.05, 3.63) is 45.6 Å². The lowest BCUT2D eigenvalue weighted by atomic mass is 10.1. The van der Waals surface area contributed by atoms with Crippen LogP contribution in [0.3, 0.4) is 0 Å². The fourth-order valence-electron chi connectivity index (χ4n) is 1.89. The third-order valence-electron chi connectivity index (χ3n) is 2.75. The van der Waals surface area contributed by atoms with E-state index in [1.165, 1.54) is 13.2 Å². The van der Waals surface area contributed by atoms with Gasteiger partial charge in [0.1, 0.15) is 11.1 Å². The Labute approximate surface area is 105 Å². The van der Waals surface area contributed by atoms with E-state index < -0.39 is 11.6 Å². The smallest absolute Gasteiger partial charge is 0.351 e. The molecule has 0 aliphatic carbocycles. The van der Waals surface area contributed by atoms with Gasteiger partial charge >= 0.3 is 11.6 Å². The van der Waals surface area contributed by atoms with Gasteiger partial charge in [0.25, 0.3) is 0 Å². The second-order valence-corrected chi connectivity index (χ2v) is 4.70. The van der Waals surface area contributed by atoms with E-state index in [9.17, 15) is 9.59 Å². The fourth-order valence-corrected chi connectivity index (χ4v) is 2.70. The lowest BCUT2D eigenvalue weighted by molar-refractivity contribution is 0.0596. The average Bonchev–Trinajstić information content (AvgIpc) is 2.85. The van der Waals surface area contributed by atoms with E-state index in [-0.39, 0.29) is 5.56 Å². The number of fused-ring (bicyclic) bond motifs is 3. The second-order valence-electron chi connectivity index (χ2n) is 3.75. The van der Waals surface area contributed by atoms with Crippen LogP contribution in [0.15, 0.2) is 38.9 Å². The van der Waals surface area contributed by atoms with Crippen LogP contribution in [0.4, 0.5) is 0 Å². The molecule has 0 saturated carbocycles. The first-order valence-corrected chi connectivity index (χ1v) is 6.11. The minimum absolute atomic E-state index is 0.0799. The summed E-state index contributed by atoms with van der Waals surface area (Å²) in [5.41, 5.74) is -0.286. The summed E-state index contributed by atoms with van der Waals surface area (Å²) in [6.45, 7) is 0. The van der Waals surface area contributed by atoms with Crippen LogP contribution < -0.4 is 5.63 Å². The molecule has 1 aromatic carbocycles. The molecular weight excluding hydrogens is 252 g/mol. The summed E-state index contributed by atoms with van der Waals surface area (Å²) in [5.74, 6) is -0.683. The van der Waals surface area contributed by atoms with Crippen molar-refractivity contribution < 1.29 is 13.9 Å². The zero-order valence-corrected chi connectivity index (χ0v) is 10.2. The summed E-state index contributed by atoms with van der Waals surface area (Å²) in [7, 11) is 1.23. The van der Waals surface area contributed by atoms with Crippen LogP contribution in [0.25, 0.3) is 21.1 Å². The highest BCUT2D eigenvalue weighted by Crippen LogP contribution is 2.28. The Morgan fingerprint density at radius 3 is 2.89 bits per heavy atom. The van der Waals surface area contributed by atoms with Crippen molar-refractivity contribution in [2.24, 2.45) is 0 Å². The number of benzene rings is 1. The van der Waals surface area contributed by atoms with Gasteiger partial charge in [-0.25, -0.2) is 9.59 Å². The molecule has 90 valence electrons. The summed E-state index contributed by atoms with van der Waals surface area (Å²) in [4.78, 5) is 23.1. The van der Waals surface area contributed by atoms with E-state index in [1.54, 1.807) is 17.4 Å². The van der Waals surface area contributed by atoms with Gasteiger partial charge in [0.05, 0.1) is 7.11 Å². The highest BCUT2D eigenvalue weighted by atomic mass is 32.1. The van der Waals surface area contributed by atoms with Gasteiger partial charge in [0, 0.05) is 15.5 Å². The topological polar surface area (TPSA) is 56.5 Å². The molecule has 0 unspecified atom stereocenters. The molecule has 0 spiro atoms. The molecule has 3 aromatic rings. The van der Waals surface area contributed by atoms with Gasteiger partial charge in [-0.3, -0.25) is 0 Å². The number of ether oxygens (including phenoxy) is 1. The maximum atomic E-state index is 11.6. The van der Waals surface area contributed by atoms with Crippen molar-refractivity contribution in [1.82, 2.24) is 0 Å². The van der Waals surface area contributed by atoms with E-state index >= 15 is 0 Å². The number of methoxy groups -OCH3 is 1. The first-order chi connectivity index (χ1) is 8.70. The first-order valence-electron chi connectivity index (χ1n) is 5.23. The molecule has 3 rings (SSSR count). The minimum Gasteiger partial charge on any atom is -0.465 e. The highest BCUT2D eigenvalue weighted by Gasteiger charge is 2.15. The van der Waals surface area contributed by atoms with Crippen molar-refractivity contribution >= 4 is 38.4 Å². The Kier molecular flexibility index (Phi) is 2.41. The van der Waals surface area contributed by atoms with E-state index in [0.717, 1.165) is 15.5 Å². The van der Waals surface area contributed by atoms with E-state index in [4.69, 9.17) is 4.42 Å². The Morgan fingerprint density at radius 2 is 2.11 bits per heavy atom. The molecule has 0 amide bonds. The number of carbonyl (C=O) groups is 1. The largest absolute Gasteiger partial charge is 0.465 e. The third kappa shape index (κ3) is 1.52. The minimum atomic E-state index is -0.683. The third-order valence-corrected chi connectivity index (χ3v) is 3.64. The van der Waals surface area contributed by atoms with Crippen LogP contribution in [0.2, 0.25) is 0 Å². The van der Waals surface area contributed by atoms with Crippen LogP contribution in [-0.2, 0) is 4.74 Å². The fraction of sp³-hybridized carbons (Fsp3) is 0.0769. The summed E-state index contributed by atoms with van der Waals surface area (Å²) in [6.07, 6.45) is 0. The van der Waals surface area contributed by atoms with Crippen molar-refractivity contribution in [3.63, 3.8) is 0 Å². The molecule has 0 aliphatic heterocycles. The zero-order valence-electron chi connectivity index (χ0n) is 9.43. The van der Waals surface area contributed by atoms with Gasteiger partial charge in [-0.05, 0) is 29.6 Å². The number of thiophene rings is 1. The molecule has 2 heterocycles. The molecule has 0 radical (unpaired) electrons. The predicted octanol–water partition coefficient (Wildman–Crippen LogP) is 2.79. The molecule has 0 atom stereocenters. The lowest BCUT2D eigenvalue weighted by Crippen LogP contribution is -2.14. The molecule has 0 aliphatic rings. The summed E-state index contributed by atoms with van der Waals surface area (Å²) < 4.78 is 10.8. The number of esters is 1. The SMILES string of the molecule is COC(=O)c1cc2c(ccc3sccc32)oc1=O. The Hall–Kier alpha value is -2.14. The highest BCUT2D eigenvalue weighted by molar-refractivity contribution is 7.17. The monoisotopic (exact) mass is 260 g/mol. The number of carbonyl (C=O) groups excluding carboxylic acids is 1.